The first kappa shape index (κ1) is 46.6. The van der Waals surface area contributed by atoms with Crippen LogP contribution in [0.1, 0.15) is 53.1 Å². The molecule has 0 bridgehead atoms. The van der Waals surface area contributed by atoms with E-state index in [0.717, 1.165) is 37.0 Å². The van der Waals surface area contributed by atoms with Crippen molar-refractivity contribution in [2.24, 2.45) is 23.7 Å². The van der Waals surface area contributed by atoms with Gasteiger partial charge in [-0.1, -0.05) is 23.2 Å². The van der Waals surface area contributed by atoms with Gasteiger partial charge in [0.05, 0.1) is 34.3 Å². The number of anilines is 2. The number of carboxylic acids is 2. The number of carbonyl (C=O) groups is 4. The summed E-state index contributed by atoms with van der Waals surface area (Å²) in [5.41, 5.74) is 1.96. The summed E-state index contributed by atoms with van der Waals surface area (Å²) < 4.78 is 29.0. The molecule has 7 aromatic heterocycles. The average Bonchev–Trinajstić information content (AvgIpc) is 3.90. The number of fused-ring (bicyclic) bond motifs is 2. The summed E-state index contributed by atoms with van der Waals surface area (Å²) >= 11 is 12.1. The third-order valence-corrected chi connectivity index (χ3v) is 12.7. The summed E-state index contributed by atoms with van der Waals surface area (Å²) in [5.74, 6) is -4.09. The van der Waals surface area contributed by atoms with Crippen molar-refractivity contribution in [3.63, 3.8) is 0 Å². The van der Waals surface area contributed by atoms with Crippen molar-refractivity contribution < 1.29 is 38.2 Å². The highest BCUT2D eigenvalue weighted by Gasteiger charge is 2.50. The minimum atomic E-state index is -1.31. The van der Waals surface area contributed by atoms with Gasteiger partial charge >= 0.3 is 11.9 Å². The van der Waals surface area contributed by atoms with Gasteiger partial charge in [0.2, 0.25) is 5.91 Å². The summed E-state index contributed by atoms with van der Waals surface area (Å²) in [5, 5.41) is 26.9. The van der Waals surface area contributed by atoms with E-state index in [1.54, 1.807) is 34.3 Å². The molecule has 2 amide bonds. The number of rotatable bonds is 12. The molecule has 3 aliphatic rings. The van der Waals surface area contributed by atoms with Gasteiger partial charge in [0.25, 0.3) is 5.91 Å². The maximum absolute atomic E-state index is 14.5. The number of aromatic nitrogens is 10. The van der Waals surface area contributed by atoms with E-state index < -0.39 is 41.3 Å². The predicted octanol–water partition coefficient (Wildman–Crippen LogP) is 6.45. The van der Waals surface area contributed by atoms with E-state index in [2.05, 4.69) is 60.5 Å². The number of likely N-dealkylation sites (tertiary alicyclic amines) is 2. The van der Waals surface area contributed by atoms with Gasteiger partial charge in [-0.2, -0.15) is 0 Å². The zero-order valence-electron chi connectivity index (χ0n) is 36.4. The molecule has 2 saturated heterocycles. The number of aromatic amines is 2. The van der Waals surface area contributed by atoms with E-state index in [1.807, 2.05) is 0 Å². The lowest BCUT2D eigenvalue weighted by atomic mass is 9.97. The van der Waals surface area contributed by atoms with Crippen LogP contribution < -0.4 is 10.6 Å². The fraction of sp³-hybridized carbons (Fsp3) is 0.333. The maximum atomic E-state index is 14.5. The van der Waals surface area contributed by atoms with Crippen LogP contribution in [0.5, 0.6) is 0 Å². The van der Waals surface area contributed by atoms with Gasteiger partial charge in [0.15, 0.2) is 46.3 Å². The number of aromatic carboxylic acids is 1. The zero-order chi connectivity index (χ0) is 48.3. The van der Waals surface area contributed by atoms with Crippen LogP contribution in [0, 0.1) is 35.3 Å². The molecule has 20 nitrogen and oxygen atoms in total. The van der Waals surface area contributed by atoms with Gasteiger partial charge < -0.3 is 40.6 Å². The molecule has 0 radical (unpaired) electrons. The largest absolute Gasteiger partial charge is 0.481 e. The number of piperidine rings is 2. The molecule has 24 heteroatoms. The molecular formula is C45H42Cl2F2N14O6. The van der Waals surface area contributed by atoms with Crippen molar-refractivity contribution in [2.45, 2.75) is 32.1 Å². The Labute approximate surface area is 400 Å². The molecular weight excluding hydrogens is 941 g/mol. The first-order valence-electron chi connectivity index (χ1n) is 21.9. The topological polar surface area (TPSA) is 274 Å². The SMILES string of the molecule is O=C(O)[C@H]1CC1C(=O)N1CCCC(CNc2nc(-c3c[nH]c4ncc(Cl)cc34)ncc2F)C1.O=C(O)c1nccnc1C(=O)N1CCCC(CNc2nc(-c3c[nH]c4ncc(Cl)cc34)ncc2F)C1. The molecule has 7 aromatic rings. The number of halogens is 4. The maximum Gasteiger partial charge on any atom is 0.356 e. The predicted molar refractivity (Wildman–Crippen MR) is 247 cm³/mol. The molecule has 1 saturated carbocycles. The van der Waals surface area contributed by atoms with Crippen molar-refractivity contribution >= 4 is 80.7 Å². The van der Waals surface area contributed by atoms with Gasteiger partial charge in [-0.25, -0.2) is 53.4 Å². The average molecular weight is 984 g/mol. The third kappa shape index (κ3) is 10.4. The Balaban J connectivity index is 0.000000172. The van der Waals surface area contributed by atoms with E-state index in [9.17, 15) is 33.1 Å². The van der Waals surface area contributed by atoms with Crippen LogP contribution in [-0.4, -0.2) is 133 Å². The third-order valence-electron chi connectivity index (χ3n) is 12.2. The number of nitrogens with zero attached hydrogens (tertiary/aromatic N) is 10. The van der Waals surface area contributed by atoms with Crippen molar-refractivity contribution in [1.29, 1.82) is 0 Å². The Morgan fingerprint density at radius 1 is 0.681 bits per heavy atom. The standard InChI is InChI=1S/C23H20ClFN8O3.C22H22ClFN6O3/c24-13-6-14-15(9-30-19(14)29-8-13)20-31-10-16(25)21(32-20)28-7-12-2-1-5-33(11-12)22(34)17-18(23(35)36)27-4-3-26-17;23-12-4-13-16(8-27-18(13)26-7-12)19-28-9-17(24)20(29-19)25-6-11-2-1-3-30(10-11)21(31)14-5-15(14)22(32)33/h3-4,6,8-10,12H,1-2,5,7,11H2,(H,29,30)(H,35,36)(H,28,31,32);4,7-9,11,14-15H,1-3,5-6,10H2,(H,26,27)(H,32,33)(H,25,28,29)/t;11?,14?,15-/m.0/s1. The number of aliphatic carboxylic acids is 1. The number of nitrogens with one attached hydrogen (secondary N) is 4. The number of carboxylic acid groups (broad SMARTS) is 2. The molecule has 0 aromatic carbocycles. The van der Waals surface area contributed by atoms with E-state index in [1.165, 1.54) is 24.8 Å². The molecule has 9 heterocycles. The van der Waals surface area contributed by atoms with Gasteiger partial charge in [-0.15, -0.1) is 0 Å². The fourth-order valence-corrected chi connectivity index (χ4v) is 8.99. The van der Waals surface area contributed by atoms with Gasteiger partial charge in [-0.3, -0.25) is 14.4 Å². The number of carbonyl (C=O) groups excluding carboxylic acids is 2. The molecule has 3 fully saturated rings. The van der Waals surface area contributed by atoms with E-state index in [-0.39, 0.29) is 40.8 Å². The molecule has 4 atom stereocenters. The zero-order valence-corrected chi connectivity index (χ0v) is 37.9. The monoisotopic (exact) mass is 982 g/mol. The van der Waals surface area contributed by atoms with Crippen LogP contribution >= 0.6 is 23.2 Å². The van der Waals surface area contributed by atoms with E-state index in [4.69, 9.17) is 28.3 Å². The fourth-order valence-electron chi connectivity index (χ4n) is 8.67. The second-order valence-electron chi connectivity index (χ2n) is 16.9. The molecule has 69 heavy (non-hydrogen) atoms. The Bertz CT molecular complexity index is 3100. The Hall–Kier alpha value is -7.46. The molecule has 2 aliphatic heterocycles. The molecule has 0 spiro atoms. The lowest BCUT2D eigenvalue weighted by molar-refractivity contribution is -0.142. The number of hydrogen-bond acceptors (Lipinski definition) is 14. The molecule has 1 aliphatic carbocycles. The Morgan fingerprint density at radius 3 is 1.70 bits per heavy atom. The van der Waals surface area contributed by atoms with Crippen molar-refractivity contribution in [3.05, 3.63) is 94.8 Å². The van der Waals surface area contributed by atoms with Crippen molar-refractivity contribution in [2.75, 3.05) is 49.9 Å². The first-order valence-corrected chi connectivity index (χ1v) is 22.7. The van der Waals surface area contributed by atoms with E-state index in [0.29, 0.717) is 102 Å². The second kappa shape index (κ2) is 20.0. The normalized spacial score (nSPS) is 18.9. The van der Waals surface area contributed by atoms with E-state index >= 15 is 0 Å². The summed E-state index contributed by atoms with van der Waals surface area (Å²) in [6, 6.07) is 3.48. The van der Waals surface area contributed by atoms with Crippen LogP contribution in [0.2, 0.25) is 10.0 Å². The van der Waals surface area contributed by atoms with Crippen molar-refractivity contribution in [1.82, 2.24) is 59.6 Å². The summed E-state index contributed by atoms with van der Waals surface area (Å²) in [6.07, 6.45) is 14.8. The quantitative estimate of drug-likeness (QED) is 0.0768. The highest BCUT2D eigenvalue weighted by atomic mass is 35.5. The number of amides is 2. The lowest BCUT2D eigenvalue weighted by Gasteiger charge is -2.33. The smallest absolute Gasteiger partial charge is 0.356 e. The minimum absolute atomic E-state index is 0.0124. The van der Waals surface area contributed by atoms with Gasteiger partial charge in [-0.05, 0) is 56.1 Å². The molecule has 10 rings (SSSR count). The summed E-state index contributed by atoms with van der Waals surface area (Å²) in [7, 11) is 0. The highest BCUT2D eigenvalue weighted by molar-refractivity contribution is 6.31. The number of pyridine rings is 2. The summed E-state index contributed by atoms with van der Waals surface area (Å²) in [4.78, 5) is 90.5. The second-order valence-corrected chi connectivity index (χ2v) is 17.8. The van der Waals surface area contributed by atoms with Crippen LogP contribution in [-0.2, 0) is 9.59 Å². The highest BCUT2D eigenvalue weighted by Crippen LogP contribution is 2.41. The van der Waals surface area contributed by atoms with Gasteiger partial charge in [0, 0.05) is 98.3 Å². The Morgan fingerprint density at radius 2 is 1.19 bits per heavy atom. The van der Waals surface area contributed by atoms with Crippen LogP contribution in [0.25, 0.3) is 44.8 Å². The van der Waals surface area contributed by atoms with Crippen LogP contribution in [0.4, 0.5) is 20.4 Å². The van der Waals surface area contributed by atoms with Crippen LogP contribution in [0.3, 0.4) is 0 Å². The molecule has 3 unspecified atom stereocenters. The number of hydrogen-bond donors (Lipinski definition) is 6. The van der Waals surface area contributed by atoms with Crippen molar-refractivity contribution in [3.8, 4) is 22.8 Å². The minimum Gasteiger partial charge on any atom is -0.481 e. The lowest BCUT2D eigenvalue weighted by Crippen LogP contribution is -2.43. The molecule has 6 N–H and O–H groups in total. The van der Waals surface area contributed by atoms with Crippen LogP contribution in [0.15, 0.2) is 61.7 Å². The number of H-pyrrole nitrogens is 2. The molecule has 356 valence electrons. The first-order chi connectivity index (χ1) is 33.3. The Kier molecular flexibility index (Phi) is 13.5. The summed E-state index contributed by atoms with van der Waals surface area (Å²) in [6.45, 7) is 2.75. The van der Waals surface area contributed by atoms with Gasteiger partial charge in [0.1, 0.15) is 11.3 Å².